The summed E-state index contributed by atoms with van der Waals surface area (Å²) in [6.07, 6.45) is -0.479. The van der Waals surface area contributed by atoms with Gasteiger partial charge in [0.05, 0.1) is 22.9 Å². The quantitative estimate of drug-likeness (QED) is 0.578. The topological polar surface area (TPSA) is 115 Å². The first kappa shape index (κ1) is 29.9. The van der Waals surface area contributed by atoms with Gasteiger partial charge in [-0.2, -0.15) is 0 Å². The lowest BCUT2D eigenvalue weighted by Gasteiger charge is -2.42. The Kier molecular flexibility index (Phi) is 8.55. The molecule has 220 valence electrons. The molecule has 3 aliphatic rings. The van der Waals surface area contributed by atoms with Crippen LogP contribution in [0.1, 0.15) is 49.8 Å². The van der Waals surface area contributed by atoms with Crippen molar-refractivity contribution in [3.8, 4) is 0 Å². The van der Waals surface area contributed by atoms with Crippen molar-refractivity contribution in [3.63, 3.8) is 0 Å². The second kappa shape index (κ2) is 11.4. The van der Waals surface area contributed by atoms with E-state index in [0.29, 0.717) is 37.6 Å². The van der Waals surface area contributed by atoms with Crippen molar-refractivity contribution in [3.05, 3.63) is 22.5 Å². The Bertz CT molecular complexity index is 1180. The standard InChI is InChI=1S/C26H35ClF2N6O5/c1-16-21(27)19(35-8-6-20(36)31-23(35)38)13-18(30-16)22(37)33-11-9-32(10-12-33)14-17-5-7-34(15-26(17,28)29)24(39)40-25(2,3)4/h13,17H,5-12,14-15H2,1-4H3,(H,31,36,38). The van der Waals surface area contributed by atoms with Crippen molar-refractivity contribution in [1.29, 1.82) is 0 Å². The van der Waals surface area contributed by atoms with Gasteiger partial charge in [0.1, 0.15) is 11.3 Å². The van der Waals surface area contributed by atoms with Crippen molar-refractivity contribution < 1.29 is 32.7 Å². The molecule has 4 rings (SSSR count). The van der Waals surface area contributed by atoms with Gasteiger partial charge in [-0.25, -0.2) is 23.4 Å². The molecule has 1 aromatic rings. The number of carbonyl (C=O) groups is 4. The number of anilines is 1. The molecule has 3 aliphatic heterocycles. The van der Waals surface area contributed by atoms with Gasteiger partial charge in [0.2, 0.25) is 5.91 Å². The maximum absolute atomic E-state index is 15.0. The maximum atomic E-state index is 15.0. The van der Waals surface area contributed by atoms with Gasteiger partial charge < -0.3 is 14.5 Å². The monoisotopic (exact) mass is 584 g/mol. The molecule has 0 saturated carbocycles. The van der Waals surface area contributed by atoms with E-state index in [1.807, 2.05) is 4.90 Å². The second-order valence-electron chi connectivity index (χ2n) is 11.4. The Hall–Kier alpha value is -3.06. The number of aryl methyl sites for hydroxylation is 1. The number of piperidine rings is 1. The number of amides is 5. The molecule has 0 spiro atoms. The van der Waals surface area contributed by atoms with E-state index >= 15 is 0 Å². The highest BCUT2D eigenvalue weighted by atomic mass is 35.5. The summed E-state index contributed by atoms with van der Waals surface area (Å²) >= 11 is 6.39. The van der Waals surface area contributed by atoms with Crippen LogP contribution in [0.25, 0.3) is 0 Å². The van der Waals surface area contributed by atoms with E-state index in [1.54, 1.807) is 32.6 Å². The van der Waals surface area contributed by atoms with Crippen molar-refractivity contribution in [2.24, 2.45) is 5.92 Å². The third kappa shape index (κ3) is 6.80. The zero-order chi connectivity index (χ0) is 29.4. The Morgan fingerprint density at radius 1 is 1.12 bits per heavy atom. The van der Waals surface area contributed by atoms with Crippen molar-refractivity contribution in [2.45, 2.75) is 52.1 Å². The third-order valence-corrected chi connectivity index (χ3v) is 7.67. The van der Waals surface area contributed by atoms with E-state index in [0.717, 1.165) is 4.90 Å². The molecular formula is C26H35ClF2N6O5. The molecule has 1 unspecified atom stereocenters. The molecule has 1 atom stereocenters. The van der Waals surface area contributed by atoms with E-state index in [1.165, 1.54) is 11.0 Å². The predicted octanol–water partition coefficient (Wildman–Crippen LogP) is 3.14. The van der Waals surface area contributed by atoms with E-state index in [9.17, 15) is 28.0 Å². The number of hydrogen-bond acceptors (Lipinski definition) is 7. The molecule has 0 radical (unpaired) electrons. The normalized spacial score (nSPS) is 22.3. The number of aromatic nitrogens is 1. The molecule has 1 aromatic heterocycles. The second-order valence-corrected chi connectivity index (χ2v) is 11.8. The average Bonchev–Trinajstić information content (AvgIpc) is 2.86. The number of carbonyl (C=O) groups excluding carboxylic acids is 4. The number of ether oxygens (including phenoxy) is 1. The molecular weight excluding hydrogens is 550 g/mol. The maximum Gasteiger partial charge on any atom is 0.410 e. The predicted molar refractivity (Wildman–Crippen MR) is 143 cm³/mol. The summed E-state index contributed by atoms with van der Waals surface area (Å²) in [5, 5.41) is 2.45. The molecule has 5 amide bonds. The highest BCUT2D eigenvalue weighted by Crippen LogP contribution is 2.35. The fraction of sp³-hybridized carbons (Fsp3) is 0.654. The van der Waals surface area contributed by atoms with E-state index in [-0.39, 0.29) is 55.0 Å². The number of urea groups is 1. The lowest BCUT2D eigenvalue weighted by molar-refractivity contribution is -0.120. The number of alkyl halides is 2. The largest absolute Gasteiger partial charge is 0.444 e. The van der Waals surface area contributed by atoms with Crippen molar-refractivity contribution >= 4 is 41.2 Å². The highest BCUT2D eigenvalue weighted by molar-refractivity contribution is 6.34. The Balaban J connectivity index is 1.34. The lowest BCUT2D eigenvalue weighted by Crippen LogP contribution is -2.56. The molecule has 3 saturated heterocycles. The third-order valence-electron chi connectivity index (χ3n) is 7.20. The molecule has 3 fully saturated rings. The first-order valence-corrected chi connectivity index (χ1v) is 13.7. The van der Waals surface area contributed by atoms with Crippen LogP contribution in [-0.2, 0) is 9.53 Å². The molecule has 40 heavy (non-hydrogen) atoms. The molecule has 0 aromatic carbocycles. The van der Waals surface area contributed by atoms with Gasteiger partial charge in [-0.15, -0.1) is 0 Å². The first-order chi connectivity index (χ1) is 18.6. The van der Waals surface area contributed by atoms with Crippen molar-refractivity contribution in [1.82, 2.24) is 25.0 Å². The van der Waals surface area contributed by atoms with Gasteiger partial charge in [-0.3, -0.25) is 24.7 Å². The summed E-state index contributed by atoms with van der Waals surface area (Å²) in [5.41, 5.74) is 0.00749. The zero-order valence-corrected chi connectivity index (χ0v) is 23.9. The van der Waals surface area contributed by atoms with Crippen LogP contribution in [0.15, 0.2) is 6.07 Å². The summed E-state index contributed by atoms with van der Waals surface area (Å²) in [4.78, 5) is 59.6. The smallest absolute Gasteiger partial charge is 0.410 e. The fourth-order valence-corrected chi connectivity index (χ4v) is 5.24. The molecule has 0 bridgehead atoms. The lowest BCUT2D eigenvalue weighted by atomic mass is 9.92. The van der Waals surface area contributed by atoms with Crippen LogP contribution < -0.4 is 10.2 Å². The van der Waals surface area contributed by atoms with Gasteiger partial charge in [-0.05, 0) is 40.2 Å². The molecule has 4 heterocycles. The van der Waals surface area contributed by atoms with Gasteiger partial charge in [0.25, 0.3) is 11.8 Å². The molecule has 0 aliphatic carbocycles. The van der Waals surface area contributed by atoms with Crippen molar-refractivity contribution in [2.75, 3.05) is 57.3 Å². The Labute approximate surface area is 236 Å². The van der Waals surface area contributed by atoms with Crippen LogP contribution in [0.4, 0.5) is 24.1 Å². The molecule has 11 nitrogen and oxygen atoms in total. The number of rotatable bonds is 4. The molecule has 14 heteroatoms. The number of nitrogens with one attached hydrogen (secondary N) is 1. The number of pyridine rings is 1. The minimum absolute atomic E-state index is 0.105. The summed E-state index contributed by atoms with van der Waals surface area (Å²) < 4.78 is 35.2. The number of imide groups is 1. The van der Waals surface area contributed by atoms with E-state index in [4.69, 9.17) is 16.3 Å². The summed E-state index contributed by atoms with van der Waals surface area (Å²) in [6.45, 7) is 7.95. The minimum Gasteiger partial charge on any atom is -0.444 e. The van der Waals surface area contributed by atoms with Gasteiger partial charge in [0, 0.05) is 58.2 Å². The van der Waals surface area contributed by atoms with Crippen LogP contribution in [0, 0.1) is 12.8 Å². The minimum atomic E-state index is -3.06. The van der Waals surface area contributed by atoms with Gasteiger partial charge in [-0.1, -0.05) is 11.6 Å². The number of nitrogens with zero attached hydrogens (tertiary/aromatic N) is 5. The van der Waals surface area contributed by atoms with Gasteiger partial charge in [0.15, 0.2) is 0 Å². The van der Waals surface area contributed by atoms with E-state index in [2.05, 4.69) is 10.3 Å². The summed E-state index contributed by atoms with van der Waals surface area (Å²) in [7, 11) is 0. The van der Waals surface area contributed by atoms with E-state index < -0.39 is 36.1 Å². The first-order valence-electron chi connectivity index (χ1n) is 13.3. The average molecular weight is 585 g/mol. The Morgan fingerprint density at radius 2 is 1.80 bits per heavy atom. The molecule has 1 N–H and O–H groups in total. The SMILES string of the molecule is Cc1nc(C(=O)N2CCN(CC3CCN(C(=O)OC(C)(C)C)CC3(F)F)CC2)cc(N2CCC(=O)NC2=O)c1Cl. The van der Waals surface area contributed by atoms with Crippen LogP contribution >= 0.6 is 11.6 Å². The van der Waals surface area contributed by atoms with Crippen LogP contribution in [0.3, 0.4) is 0 Å². The summed E-state index contributed by atoms with van der Waals surface area (Å²) in [5.74, 6) is -4.72. The number of halogens is 3. The highest BCUT2D eigenvalue weighted by Gasteiger charge is 2.47. The Morgan fingerprint density at radius 3 is 2.40 bits per heavy atom. The zero-order valence-electron chi connectivity index (χ0n) is 23.1. The van der Waals surface area contributed by atoms with Crippen LogP contribution in [-0.4, -0.2) is 108 Å². The number of hydrogen-bond donors (Lipinski definition) is 1. The summed E-state index contributed by atoms with van der Waals surface area (Å²) in [6, 6.07) is 0.822. The number of likely N-dealkylation sites (tertiary alicyclic amines) is 1. The van der Waals surface area contributed by atoms with Crippen LogP contribution in [0.5, 0.6) is 0 Å². The fourth-order valence-electron chi connectivity index (χ4n) is 5.04. The van der Waals surface area contributed by atoms with Crippen LogP contribution in [0.2, 0.25) is 5.02 Å². The van der Waals surface area contributed by atoms with Gasteiger partial charge >= 0.3 is 12.1 Å². The number of piperazine rings is 1.